The van der Waals surface area contributed by atoms with E-state index in [2.05, 4.69) is 20.0 Å². The lowest BCUT2D eigenvalue weighted by atomic mass is 10.2. The fraction of sp³-hybridized carbons (Fsp3) is 0.200. The Kier molecular flexibility index (Phi) is 3.35. The van der Waals surface area contributed by atoms with Crippen LogP contribution in [0.15, 0.2) is 34.9 Å². The van der Waals surface area contributed by atoms with Crippen LogP contribution in [0.1, 0.15) is 21.9 Å². The summed E-state index contributed by atoms with van der Waals surface area (Å²) < 4.78 is 9.82. The number of nitrogens with zero attached hydrogens (tertiary/aromatic N) is 1. The zero-order valence-corrected chi connectivity index (χ0v) is 11.8. The molecule has 3 aromatic rings. The van der Waals surface area contributed by atoms with Crippen molar-refractivity contribution in [2.75, 3.05) is 12.4 Å². The summed E-state index contributed by atoms with van der Waals surface area (Å²) >= 11 is 0. The topological polar surface area (TPSA) is 80.2 Å². The molecule has 0 saturated heterocycles. The van der Waals surface area contributed by atoms with Crippen LogP contribution in [0.3, 0.4) is 0 Å². The maximum Gasteiger partial charge on any atom is 0.374 e. The van der Waals surface area contributed by atoms with Gasteiger partial charge >= 0.3 is 5.97 Å². The lowest BCUT2D eigenvalue weighted by Crippen LogP contribution is -2.06. The Morgan fingerprint density at radius 2 is 2.29 bits per heavy atom. The second-order valence-electron chi connectivity index (χ2n) is 4.67. The van der Waals surface area contributed by atoms with Crippen LogP contribution in [0.5, 0.6) is 0 Å². The van der Waals surface area contributed by atoms with Gasteiger partial charge in [0, 0.05) is 17.8 Å². The second kappa shape index (κ2) is 5.32. The summed E-state index contributed by atoms with van der Waals surface area (Å²) in [6.45, 7) is 2.39. The summed E-state index contributed by atoms with van der Waals surface area (Å²) in [5.74, 6) is 0.630. The van der Waals surface area contributed by atoms with E-state index in [0.29, 0.717) is 6.54 Å². The number of imidazole rings is 1. The molecule has 0 aliphatic heterocycles. The molecule has 0 radical (unpaired) electrons. The molecule has 0 bridgehead atoms. The molecule has 1 aromatic carbocycles. The quantitative estimate of drug-likeness (QED) is 0.720. The Bertz CT molecular complexity index is 788. The van der Waals surface area contributed by atoms with Crippen molar-refractivity contribution in [1.82, 2.24) is 9.97 Å². The summed E-state index contributed by atoms with van der Waals surface area (Å²) in [4.78, 5) is 19.1. The number of rotatable bonds is 4. The molecule has 2 heterocycles. The number of carbonyl (C=O) groups is 1. The van der Waals surface area contributed by atoms with Crippen molar-refractivity contribution in [3.63, 3.8) is 0 Å². The Morgan fingerprint density at radius 3 is 3.10 bits per heavy atom. The molecule has 0 spiro atoms. The zero-order valence-electron chi connectivity index (χ0n) is 11.8. The summed E-state index contributed by atoms with van der Waals surface area (Å²) in [5, 5.41) is 3.25. The highest BCUT2D eigenvalue weighted by Crippen LogP contribution is 2.19. The molecule has 2 aromatic heterocycles. The lowest BCUT2D eigenvalue weighted by Gasteiger charge is -2.06. The smallest absolute Gasteiger partial charge is 0.374 e. The van der Waals surface area contributed by atoms with Gasteiger partial charge in [0.1, 0.15) is 5.82 Å². The number of aryl methyl sites for hydroxylation is 1. The van der Waals surface area contributed by atoms with Gasteiger partial charge in [0.2, 0.25) is 5.76 Å². The predicted molar refractivity (Wildman–Crippen MR) is 78.2 cm³/mol. The molecule has 0 unspecified atom stereocenters. The Hall–Kier alpha value is -2.76. The van der Waals surface area contributed by atoms with Gasteiger partial charge in [-0.05, 0) is 31.2 Å². The molecule has 2 N–H and O–H groups in total. The number of benzene rings is 1. The third-order valence-corrected chi connectivity index (χ3v) is 3.20. The van der Waals surface area contributed by atoms with E-state index in [4.69, 9.17) is 4.42 Å². The van der Waals surface area contributed by atoms with Crippen LogP contribution >= 0.6 is 0 Å². The number of esters is 1. The van der Waals surface area contributed by atoms with Crippen LogP contribution in [0.2, 0.25) is 0 Å². The first-order valence-corrected chi connectivity index (χ1v) is 6.52. The molecular weight excluding hydrogens is 270 g/mol. The number of hydrogen-bond acceptors (Lipinski definition) is 5. The number of ether oxygens (including phenoxy) is 1. The van der Waals surface area contributed by atoms with Gasteiger partial charge in [-0.3, -0.25) is 0 Å². The number of H-pyrrole nitrogens is 1. The highest BCUT2D eigenvalue weighted by molar-refractivity contribution is 5.88. The zero-order chi connectivity index (χ0) is 14.8. The van der Waals surface area contributed by atoms with E-state index in [9.17, 15) is 4.79 Å². The molecule has 6 heteroatoms. The number of aromatic amines is 1. The van der Waals surface area contributed by atoms with E-state index in [0.717, 1.165) is 28.1 Å². The van der Waals surface area contributed by atoms with Gasteiger partial charge in [-0.1, -0.05) is 0 Å². The molecule has 108 valence electrons. The number of hydrogen-bond donors (Lipinski definition) is 2. The highest BCUT2D eigenvalue weighted by Gasteiger charge is 2.15. The largest absolute Gasteiger partial charge is 0.463 e. The Labute approximate surface area is 121 Å². The maximum atomic E-state index is 11.5. The van der Waals surface area contributed by atoms with Gasteiger partial charge in [0.05, 0.1) is 24.4 Å². The third kappa shape index (κ3) is 2.60. The summed E-state index contributed by atoms with van der Waals surface area (Å²) in [5.41, 5.74) is 3.58. The Morgan fingerprint density at radius 1 is 1.43 bits per heavy atom. The first kappa shape index (κ1) is 13.2. The normalized spacial score (nSPS) is 10.8. The second-order valence-corrected chi connectivity index (χ2v) is 4.67. The minimum atomic E-state index is -0.476. The van der Waals surface area contributed by atoms with Gasteiger partial charge in [0.15, 0.2) is 0 Å². The van der Waals surface area contributed by atoms with Gasteiger partial charge in [-0.25, -0.2) is 9.78 Å². The molecule has 0 saturated carbocycles. The number of aromatic nitrogens is 2. The first-order valence-electron chi connectivity index (χ1n) is 6.52. The minimum absolute atomic E-state index is 0.225. The number of fused-ring (bicyclic) bond motifs is 1. The van der Waals surface area contributed by atoms with Crippen LogP contribution in [0.4, 0.5) is 5.69 Å². The average Bonchev–Trinajstić information content (AvgIpc) is 3.08. The van der Waals surface area contributed by atoms with Crippen LogP contribution in [-0.4, -0.2) is 23.0 Å². The van der Waals surface area contributed by atoms with Crippen molar-refractivity contribution in [1.29, 1.82) is 0 Å². The average molecular weight is 285 g/mol. The van der Waals surface area contributed by atoms with E-state index in [1.807, 2.05) is 25.1 Å². The number of furan rings is 1. The van der Waals surface area contributed by atoms with Gasteiger partial charge in [0.25, 0.3) is 0 Å². The maximum absolute atomic E-state index is 11.5. The molecule has 0 atom stereocenters. The van der Waals surface area contributed by atoms with Crippen molar-refractivity contribution in [2.24, 2.45) is 0 Å². The predicted octanol–water partition coefficient (Wildman–Crippen LogP) is 2.86. The van der Waals surface area contributed by atoms with Gasteiger partial charge in [-0.2, -0.15) is 0 Å². The fourth-order valence-electron chi connectivity index (χ4n) is 2.19. The monoisotopic (exact) mass is 285 g/mol. The molecule has 3 rings (SSSR count). The Balaban J connectivity index is 1.77. The fourth-order valence-corrected chi connectivity index (χ4v) is 2.19. The molecule has 6 nitrogen and oxygen atoms in total. The van der Waals surface area contributed by atoms with Crippen LogP contribution in [0, 0.1) is 6.92 Å². The SMILES string of the molecule is COC(=O)c1occc1CNc1ccc2nc(C)[nH]c2c1. The lowest BCUT2D eigenvalue weighted by molar-refractivity contribution is 0.0563. The summed E-state index contributed by atoms with van der Waals surface area (Å²) in [6.07, 6.45) is 1.48. The number of anilines is 1. The van der Waals surface area contributed by atoms with Crippen molar-refractivity contribution in [3.05, 3.63) is 47.7 Å². The summed E-state index contributed by atoms with van der Waals surface area (Å²) in [6, 6.07) is 7.61. The first-order chi connectivity index (χ1) is 10.2. The molecule has 0 aliphatic carbocycles. The van der Waals surface area contributed by atoms with E-state index in [1.165, 1.54) is 13.4 Å². The van der Waals surface area contributed by atoms with Crippen molar-refractivity contribution in [2.45, 2.75) is 13.5 Å². The highest BCUT2D eigenvalue weighted by atomic mass is 16.5. The number of methoxy groups -OCH3 is 1. The molecule has 0 aliphatic rings. The van der Waals surface area contributed by atoms with Crippen LogP contribution < -0.4 is 5.32 Å². The standard InChI is InChI=1S/C15H15N3O3/c1-9-17-12-4-3-11(7-13(12)18-9)16-8-10-5-6-21-14(10)15(19)20-2/h3-7,16H,8H2,1-2H3,(H,17,18). The molecule has 0 amide bonds. The van der Waals surface area contributed by atoms with E-state index in [1.54, 1.807) is 6.07 Å². The van der Waals surface area contributed by atoms with Crippen molar-refractivity contribution in [3.8, 4) is 0 Å². The molecule has 0 fully saturated rings. The molecule has 21 heavy (non-hydrogen) atoms. The van der Waals surface area contributed by atoms with Crippen molar-refractivity contribution < 1.29 is 13.9 Å². The number of carbonyl (C=O) groups excluding carboxylic acids is 1. The van der Waals surface area contributed by atoms with Gasteiger partial charge < -0.3 is 19.5 Å². The summed E-state index contributed by atoms with van der Waals surface area (Å²) in [7, 11) is 1.33. The van der Waals surface area contributed by atoms with Crippen LogP contribution in [-0.2, 0) is 11.3 Å². The minimum Gasteiger partial charge on any atom is -0.463 e. The van der Waals surface area contributed by atoms with E-state index < -0.39 is 5.97 Å². The third-order valence-electron chi connectivity index (χ3n) is 3.20. The van der Waals surface area contributed by atoms with E-state index >= 15 is 0 Å². The van der Waals surface area contributed by atoms with Crippen LogP contribution in [0.25, 0.3) is 11.0 Å². The van der Waals surface area contributed by atoms with Crippen molar-refractivity contribution >= 4 is 22.7 Å². The number of nitrogens with one attached hydrogen (secondary N) is 2. The molecular formula is C15H15N3O3. The van der Waals surface area contributed by atoms with Gasteiger partial charge in [-0.15, -0.1) is 0 Å². The van der Waals surface area contributed by atoms with E-state index in [-0.39, 0.29) is 5.76 Å².